The lowest BCUT2D eigenvalue weighted by atomic mass is 9.88. The minimum absolute atomic E-state index is 0.137. The van der Waals surface area contributed by atoms with E-state index in [1.54, 1.807) is 0 Å². The first-order valence-electron chi connectivity index (χ1n) is 7.46. The van der Waals surface area contributed by atoms with Crippen LogP contribution in [0.3, 0.4) is 0 Å². The largest absolute Gasteiger partial charge is 0.387 e. The highest BCUT2D eigenvalue weighted by Crippen LogP contribution is 2.39. The van der Waals surface area contributed by atoms with Gasteiger partial charge in [0, 0.05) is 31.5 Å². The van der Waals surface area contributed by atoms with Crippen molar-refractivity contribution in [2.24, 2.45) is 0 Å². The van der Waals surface area contributed by atoms with E-state index in [0.29, 0.717) is 6.04 Å². The standard InChI is InChI=1S/C14H26N2O2S/c1-16(10-13(17)3-5-15-9-13)12-2-6-18-14(8-12)4-7-19-11-14/h12,15,17H,2-11H2,1H3. The molecule has 3 rings (SSSR count). The molecule has 3 aliphatic heterocycles. The highest BCUT2D eigenvalue weighted by molar-refractivity contribution is 7.99. The summed E-state index contributed by atoms with van der Waals surface area (Å²) in [6.45, 7) is 3.35. The molecular formula is C14H26N2O2S. The van der Waals surface area contributed by atoms with Gasteiger partial charge in [0.05, 0.1) is 11.2 Å². The molecule has 0 aromatic heterocycles. The summed E-state index contributed by atoms with van der Waals surface area (Å²) in [7, 11) is 2.17. The number of nitrogens with one attached hydrogen (secondary N) is 1. The molecule has 4 nitrogen and oxygen atoms in total. The van der Waals surface area contributed by atoms with Crippen LogP contribution in [-0.4, -0.2) is 72.0 Å². The molecular weight excluding hydrogens is 260 g/mol. The van der Waals surface area contributed by atoms with Gasteiger partial charge < -0.3 is 20.1 Å². The summed E-state index contributed by atoms with van der Waals surface area (Å²) in [6.07, 6.45) is 4.32. The SMILES string of the molecule is CN(CC1(O)CCNC1)C1CCOC2(CCSC2)C1. The molecule has 5 heteroatoms. The Hall–Kier alpha value is 0.190. The zero-order chi connectivity index (χ0) is 13.3. The van der Waals surface area contributed by atoms with Gasteiger partial charge in [0.2, 0.25) is 0 Å². The maximum absolute atomic E-state index is 10.5. The van der Waals surface area contributed by atoms with Crippen molar-refractivity contribution in [2.45, 2.75) is 42.9 Å². The van der Waals surface area contributed by atoms with E-state index in [0.717, 1.165) is 51.3 Å². The molecule has 3 aliphatic rings. The molecule has 0 bridgehead atoms. The number of nitrogens with zero attached hydrogens (tertiary/aromatic N) is 1. The summed E-state index contributed by atoms with van der Waals surface area (Å²) < 4.78 is 6.08. The molecule has 0 aromatic rings. The first-order chi connectivity index (χ1) is 9.11. The van der Waals surface area contributed by atoms with Crippen molar-refractivity contribution in [3.63, 3.8) is 0 Å². The number of hydrogen-bond donors (Lipinski definition) is 2. The van der Waals surface area contributed by atoms with Crippen molar-refractivity contribution in [3.05, 3.63) is 0 Å². The zero-order valence-corrected chi connectivity index (χ0v) is 12.7. The second-order valence-corrected chi connectivity index (χ2v) is 7.65. The molecule has 3 saturated heterocycles. The van der Waals surface area contributed by atoms with Crippen LogP contribution in [0.4, 0.5) is 0 Å². The van der Waals surface area contributed by atoms with Crippen molar-refractivity contribution in [1.29, 1.82) is 0 Å². The number of β-amino-alcohol motifs (C(OH)–C–C–N with tert-alkyl or cyclic N) is 1. The molecule has 0 aliphatic carbocycles. The monoisotopic (exact) mass is 286 g/mol. The summed E-state index contributed by atoms with van der Waals surface area (Å²) in [6, 6.07) is 0.567. The third-order valence-electron chi connectivity index (χ3n) is 4.92. The molecule has 3 heterocycles. The first kappa shape index (κ1) is 14.1. The highest BCUT2D eigenvalue weighted by Gasteiger charge is 2.42. The molecule has 1 spiro atoms. The highest BCUT2D eigenvalue weighted by atomic mass is 32.2. The van der Waals surface area contributed by atoms with E-state index < -0.39 is 5.60 Å². The van der Waals surface area contributed by atoms with Crippen LogP contribution in [0, 0.1) is 0 Å². The lowest BCUT2D eigenvalue weighted by Crippen LogP contribution is -2.52. The number of aliphatic hydroxyl groups is 1. The van der Waals surface area contributed by atoms with Gasteiger partial charge in [0.1, 0.15) is 0 Å². The van der Waals surface area contributed by atoms with Crippen LogP contribution in [0.15, 0.2) is 0 Å². The molecule has 3 unspecified atom stereocenters. The lowest BCUT2D eigenvalue weighted by Gasteiger charge is -2.43. The second-order valence-electron chi connectivity index (χ2n) is 6.55. The van der Waals surface area contributed by atoms with Gasteiger partial charge in [-0.1, -0.05) is 0 Å². The van der Waals surface area contributed by atoms with Gasteiger partial charge in [0.25, 0.3) is 0 Å². The van der Waals surface area contributed by atoms with Crippen molar-refractivity contribution < 1.29 is 9.84 Å². The number of ether oxygens (including phenoxy) is 1. The van der Waals surface area contributed by atoms with E-state index in [-0.39, 0.29) is 5.60 Å². The Morgan fingerprint density at radius 3 is 3.05 bits per heavy atom. The Morgan fingerprint density at radius 2 is 2.37 bits per heavy atom. The molecule has 110 valence electrons. The van der Waals surface area contributed by atoms with Crippen LogP contribution in [0.5, 0.6) is 0 Å². The van der Waals surface area contributed by atoms with Crippen LogP contribution in [-0.2, 0) is 4.74 Å². The molecule has 2 N–H and O–H groups in total. The average molecular weight is 286 g/mol. The lowest BCUT2D eigenvalue weighted by molar-refractivity contribution is -0.0947. The Kier molecular flexibility index (Phi) is 4.11. The number of thioether (sulfide) groups is 1. The Balaban J connectivity index is 1.58. The number of likely N-dealkylation sites (N-methyl/N-ethyl adjacent to an activating group) is 1. The normalized spacial score (nSPS) is 43.4. The van der Waals surface area contributed by atoms with E-state index >= 15 is 0 Å². The summed E-state index contributed by atoms with van der Waals surface area (Å²) in [4.78, 5) is 2.38. The topological polar surface area (TPSA) is 44.7 Å². The van der Waals surface area contributed by atoms with Crippen molar-refractivity contribution in [2.75, 3.05) is 44.8 Å². The molecule has 19 heavy (non-hydrogen) atoms. The van der Waals surface area contributed by atoms with Gasteiger partial charge in [-0.15, -0.1) is 0 Å². The minimum Gasteiger partial charge on any atom is -0.387 e. The van der Waals surface area contributed by atoms with E-state index in [9.17, 15) is 5.11 Å². The van der Waals surface area contributed by atoms with E-state index in [2.05, 4.69) is 17.3 Å². The smallest absolute Gasteiger partial charge is 0.0909 e. The summed E-state index contributed by atoms with van der Waals surface area (Å²) in [5, 5.41) is 13.8. The van der Waals surface area contributed by atoms with Gasteiger partial charge in [-0.05, 0) is 45.0 Å². The van der Waals surface area contributed by atoms with Crippen LogP contribution < -0.4 is 5.32 Å². The van der Waals surface area contributed by atoms with Gasteiger partial charge in [-0.2, -0.15) is 11.8 Å². The van der Waals surface area contributed by atoms with E-state index in [1.165, 1.54) is 12.2 Å². The van der Waals surface area contributed by atoms with Crippen LogP contribution in [0.1, 0.15) is 25.7 Å². The number of rotatable bonds is 3. The van der Waals surface area contributed by atoms with Crippen LogP contribution in [0.25, 0.3) is 0 Å². The number of hydrogen-bond acceptors (Lipinski definition) is 5. The fourth-order valence-corrected chi connectivity index (χ4v) is 5.08. The third-order valence-corrected chi connectivity index (χ3v) is 6.15. The predicted octanol–water partition coefficient (Wildman–Crippen LogP) is 0.697. The molecule has 0 aromatic carbocycles. The van der Waals surface area contributed by atoms with Crippen LogP contribution in [0.2, 0.25) is 0 Å². The summed E-state index contributed by atoms with van der Waals surface area (Å²) in [5.74, 6) is 2.40. The van der Waals surface area contributed by atoms with Crippen molar-refractivity contribution >= 4 is 11.8 Å². The van der Waals surface area contributed by atoms with E-state index in [4.69, 9.17) is 4.74 Å². The molecule has 3 fully saturated rings. The molecule has 0 radical (unpaired) electrons. The van der Waals surface area contributed by atoms with Gasteiger partial charge in [-0.25, -0.2) is 0 Å². The Morgan fingerprint density at radius 1 is 1.47 bits per heavy atom. The summed E-state index contributed by atoms with van der Waals surface area (Å²) >= 11 is 2.02. The fourth-order valence-electron chi connectivity index (χ4n) is 3.70. The molecule has 3 atom stereocenters. The quantitative estimate of drug-likeness (QED) is 0.799. The predicted molar refractivity (Wildman–Crippen MR) is 78.7 cm³/mol. The maximum Gasteiger partial charge on any atom is 0.0909 e. The second kappa shape index (κ2) is 5.53. The molecule has 0 saturated carbocycles. The first-order valence-corrected chi connectivity index (χ1v) is 8.62. The third kappa shape index (κ3) is 3.10. The minimum atomic E-state index is -0.523. The van der Waals surface area contributed by atoms with E-state index in [1.807, 2.05) is 11.8 Å². The van der Waals surface area contributed by atoms with Gasteiger partial charge >= 0.3 is 0 Å². The van der Waals surface area contributed by atoms with Gasteiger partial charge in [0.15, 0.2) is 0 Å². The van der Waals surface area contributed by atoms with Crippen LogP contribution >= 0.6 is 11.8 Å². The fraction of sp³-hybridized carbons (Fsp3) is 1.00. The molecule has 0 amide bonds. The Bertz CT molecular complexity index is 315. The van der Waals surface area contributed by atoms with Crippen molar-refractivity contribution in [1.82, 2.24) is 10.2 Å². The Labute approximate surface area is 120 Å². The maximum atomic E-state index is 10.5. The van der Waals surface area contributed by atoms with Gasteiger partial charge in [-0.3, -0.25) is 0 Å². The zero-order valence-electron chi connectivity index (χ0n) is 11.9. The average Bonchev–Trinajstić information content (AvgIpc) is 3.00. The van der Waals surface area contributed by atoms with Crippen molar-refractivity contribution in [3.8, 4) is 0 Å². The summed E-state index contributed by atoms with van der Waals surface area (Å²) in [5.41, 5.74) is -0.386.